The quantitative estimate of drug-likeness (QED) is 0.920. The largest absolute Gasteiger partial charge is 0.360 e. The number of aromatic nitrogens is 1. The molecule has 108 valence electrons. The van der Waals surface area contributed by atoms with Gasteiger partial charge in [0.1, 0.15) is 5.76 Å². The number of nitrogens with zero attached hydrogens (tertiary/aromatic N) is 2. The minimum atomic E-state index is -0.147. The van der Waals surface area contributed by atoms with Crippen LogP contribution in [0.4, 0.5) is 10.6 Å². The summed E-state index contributed by atoms with van der Waals surface area (Å²) in [6.45, 7) is 3.09. The van der Waals surface area contributed by atoms with E-state index in [4.69, 9.17) is 4.52 Å². The number of hydrogen-bond donors (Lipinski definition) is 1. The zero-order valence-corrected chi connectivity index (χ0v) is 11.9. The van der Waals surface area contributed by atoms with Crippen LogP contribution in [-0.4, -0.2) is 29.2 Å². The Hall–Kier alpha value is -2.56. The fraction of sp³-hybridized carbons (Fsp3) is 0.250. The summed E-state index contributed by atoms with van der Waals surface area (Å²) in [6, 6.07) is 11.8. The summed E-state index contributed by atoms with van der Waals surface area (Å²) in [5.74, 6) is 1.13. The first-order chi connectivity index (χ1) is 10.2. The number of carbonyl (C=O) groups excluding carboxylic acids is 1. The number of rotatable bonds is 2. The van der Waals surface area contributed by atoms with Crippen molar-refractivity contribution in [2.75, 3.05) is 18.4 Å². The van der Waals surface area contributed by atoms with Crippen LogP contribution in [0.3, 0.4) is 0 Å². The van der Waals surface area contributed by atoms with Gasteiger partial charge in [0.05, 0.1) is 0 Å². The van der Waals surface area contributed by atoms with Crippen molar-refractivity contribution in [1.82, 2.24) is 10.1 Å². The van der Waals surface area contributed by atoms with E-state index in [9.17, 15) is 4.79 Å². The highest BCUT2D eigenvalue weighted by Crippen LogP contribution is 2.22. The van der Waals surface area contributed by atoms with E-state index in [-0.39, 0.29) is 6.03 Å². The normalized spacial score (nSPS) is 14.7. The SMILES string of the molecule is Cc1cc(NC(=O)N2CC=C(c3ccccc3)CC2)no1. The molecule has 2 amide bonds. The molecular formula is C16H17N3O2. The van der Waals surface area contributed by atoms with Crippen LogP contribution in [0.25, 0.3) is 5.57 Å². The van der Waals surface area contributed by atoms with Gasteiger partial charge in [0.25, 0.3) is 0 Å². The maximum Gasteiger partial charge on any atom is 0.323 e. The summed E-state index contributed by atoms with van der Waals surface area (Å²) in [5, 5.41) is 6.50. The molecule has 0 saturated heterocycles. The third-order valence-corrected chi connectivity index (χ3v) is 3.50. The van der Waals surface area contributed by atoms with E-state index >= 15 is 0 Å². The first-order valence-corrected chi connectivity index (χ1v) is 6.96. The molecule has 2 heterocycles. The van der Waals surface area contributed by atoms with Crippen LogP contribution in [0.15, 0.2) is 47.0 Å². The number of nitrogens with one attached hydrogen (secondary N) is 1. The average Bonchev–Trinajstić information content (AvgIpc) is 2.93. The van der Waals surface area contributed by atoms with Gasteiger partial charge in [-0.2, -0.15) is 0 Å². The van der Waals surface area contributed by atoms with E-state index in [0.29, 0.717) is 24.7 Å². The van der Waals surface area contributed by atoms with Crippen molar-refractivity contribution in [2.45, 2.75) is 13.3 Å². The van der Waals surface area contributed by atoms with Gasteiger partial charge in [-0.15, -0.1) is 0 Å². The van der Waals surface area contributed by atoms with Crippen LogP contribution < -0.4 is 5.32 Å². The molecule has 0 saturated carbocycles. The predicted molar refractivity (Wildman–Crippen MR) is 80.9 cm³/mol. The molecule has 2 aromatic rings. The molecule has 5 nitrogen and oxygen atoms in total. The maximum atomic E-state index is 12.1. The highest BCUT2D eigenvalue weighted by atomic mass is 16.5. The van der Waals surface area contributed by atoms with Gasteiger partial charge >= 0.3 is 6.03 Å². The molecule has 1 aliphatic rings. The van der Waals surface area contributed by atoms with Crippen LogP contribution in [0.1, 0.15) is 17.7 Å². The van der Waals surface area contributed by atoms with Crippen molar-refractivity contribution in [3.63, 3.8) is 0 Å². The number of urea groups is 1. The van der Waals surface area contributed by atoms with Crippen molar-refractivity contribution in [3.05, 3.63) is 53.8 Å². The Labute approximate surface area is 123 Å². The van der Waals surface area contributed by atoms with Gasteiger partial charge in [0, 0.05) is 19.2 Å². The van der Waals surface area contributed by atoms with E-state index in [0.717, 1.165) is 6.42 Å². The molecule has 0 spiro atoms. The molecule has 0 aliphatic carbocycles. The molecule has 0 unspecified atom stereocenters. The lowest BCUT2D eigenvalue weighted by Crippen LogP contribution is -2.37. The second-order valence-electron chi connectivity index (χ2n) is 5.04. The van der Waals surface area contributed by atoms with Crippen molar-refractivity contribution in [3.8, 4) is 0 Å². The van der Waals surface area contributed by atoms with Gasteiger partial charge in [-0.1, -0.05) is 41.6 Å². The second kappa shape index (κ2) is 5.83. The molecule has 0 fully saturated rings. The number of aryl methyl sites for hydroxylation is 1. The molecule has 1 aliphatic heterocycles. The van der Waals surface area contributed by atoms with E-state index in [1.165, 1.54) is 11.1 Å². The molecule has 21 heavy (non-hydrogen) atoms. The summed E-state index contributed by atoms with van der Waals surface area (Å²) in [4.78, 5) is 13.9. The molecule has 5 heteroatoms. The summed E-state index contributed by atoms with van der Waals surface area (Å²) in [6.07, 6.45) is 2.96. The van der Waals surface area contributed by atoms with Crippen LogP contribution in [-0.2, 0) is 0 Å². The van der Waals surface area contributed by atoms with Crippen molar-refractivity contribution in [1.29, 1.82) is 0 Å². The van der Waals surface area contributed by atoms with Gasteiger partial charge in [-0.25, -0.2) is 4.79 Å². The predicted octanol–water partition coefficient (Wildman–Crippen LogP) is 3.30. The lowest BCUT2D eigenvalue weighted by atomic mass is 10.00. The Morgan fingerprint density at radius 2 is 2.14 bits per heavy atom. The van der Waals surface area contributed by atoms with Gasteiger partial charge in [0.15, 0.2) is 5.82 Å². The Morgan fingerprint density at radius 1 is 1.33 bits per heavy atom. The Kier molecular flexibility index (Phi) is 3.73. The van der Waals surface area contributed by atoms with Crippen LogP contribution >= 0.6 is 0 Å². The first kappa shape index (κ1) is 13.4. The number of benzene rings is 1. The molecule has 1 aromatic heterocycles. The fourth-order valence-electron chi connectivity index (χ4n) is 2.38. The van der Waals surface area contributed by atoms with Gasteiger partial charge in [-0.3, -0.25) is 5.32 Å². The molecule has 3 rings (SSSR count). The van der Waals surface area contributed by atoms with Gasteiger partial charge in [0.2, 0.25) is 0 Å². The molecule has 0 atom stereocenters. The summed E-state index contributed by atoms with van der Waals surface area (Å²) < 4.78 is 4.93. The minimum absolute atomic E-state index is 0.147. The zero-order chi connectivity index (χ0) is 14.7. The van der Waals surface area contributed by atoms with Crippen molar-refractivity contribution < 1.29 is 9.32 Å². The Bertz CT molecular complexity index is 661. The standard InChI is InChI=1S/C16H17N3O2/c1-12-11-15(18-21-12)17-16(20)19-9-7-14(8-10-19)13-5-3-2-4-6-13/h2-7,11H,8-10H2,1H3,(H,17,18,20). The van der Waals surface area contributed by atoms with Gasteiger partial charge in [-0.05, 0) is 24.5 Å². The third kappa shape index (κ3) is 3.13. The smallest absolute Gasteiger partial charge is 0.323 e. The lowest BCUT2D eigenvalue weighted by molar-refractivity contribution is 0.216. The number of amides is 2. The van der Waals surface area contributed by atoms with Crippen LogP contribution in [0, 0.1) is 6.92 Å². The highest BCUT2D eigenvalue weighted by molar-refractivity contribution is 5.89. The van der Waals surface area contributed by atoms with Crippen LogP contribution in [0.5, 0.6) is 0 Å². The summed E-state index contributed by atoms with van der Waals surface area (Å²) in [7, 11) is 0. The zero-order valence-electron chi connectivity index (χ0n) is 11.9. The number of carbonyl (C=O) groups is 1. The van der Waals surface area contributed by atoms with Crippen molar-refractivity contribution >= 4 is 17.4 Å². The number of hydrogen-bond acceptors (Lipinski definition) is 3. The topological polar surface area (TPSA) is 58.4 Å². The van der Waals surface area contributed by atoms with E-state index in [1.807, 2.05) is 18.2 Å². The summed E-state index contributed by atoms with van der Waals surface area (Å²) >= 11 is 0. The summed E-state index contributed by atoms with van der Waals surface area (Å²) in [5.41, 5.74) is 2.52. The lowest BCUT2D eigenvalue weighted by Gasteiger charge is -2.26. The molecule has 0 bridgehead atoms. The molecule has 1 aromatic carbocycles. The first-order valence-electron chi connectivity index (χ1n) is 6.96. The Balaban J connectivity index is 1.62. The maximum absolute atomic E-state index is 12.1. The molecule has 1 N–H and O–H groups in total. The average molecular weight is 283 g/mol. The van der Waals surface area contributed by atoms with Gasteiger partial charge < -0.3 is 9.42 Å². The molecule has 0 radical (unpaired) electrons. The highest BCUT2D eigenvalue weighted by Gasteiger charge is 2.18. The van der Waals surface area contributed by atoms with E-state index in [1.54, 1.807) is 17.9 Å². The number of anilines is 1. The fourth-order valence-corrected chi connectivity index (χ4v) is 2.38. The Morgan fingerprint density at radius 3 is 2.76 bits per heavy atom. The minimum Gasteiger partial charge on any atom is -0.360 e. The molecular weight excluding hydrogens is 266 g/mol. The monoisotopic (exact) mass is 283 g/mol. The van der Waals surface area contributed by atoms with Crippen molar-refractivity contribution in [2.24, 2.45) is 0 Å². The third-order valence-electron chi connectivity index (χ3n) is 3.50. The second-order valence-corrected chi connectivity index (χ2v) is 5.04. The van der Waals surface area contributed by atoms with E-state index in [2.05, 4.69) is 28.7 Å². The van der Waals surface area contributed by atoms with E-state index < -0.39 is 0 Å². The van der Waals surface area contributed by atoms with Crippen LogP contribution in [0.2, 0.25) is 0 Å².